The number of ether oxygens (including phenoxy) is 3. The number of nitrogens with two attached hydrogens (primary N) is 1. The molecule has 0 radical (unpaired) electrons. The molecule has 4 aromatic rings. The molecule has 0 fully saturated rings. The third-order valence-corrected chi connectivity index (χ3v) is 8.36. The zero-order valence-electron chi connectivity index (χ0n) is 24.2. The van der Waals surface area contributed by atoms with E-state index in [2.05, 4.69) is 20.0 Å². The molecule has 2 unspecified atom stereocenters. The molecule has 2 aromatic heterocycles. The van der Waals surface area contributed by atoms with Crippen LogP contribution in [-0.2, 0) is 36.7 Å². The number of nitrogen functional groups attached to an aromatic ring is 1. The molecule has 4 rings (SSSR count). The van der Waals surface area contributed by atoms with Gasteiger partial charge in [0.2, 0.25) is 0 Å². The number of benzene rings is 2. The van der Waals surface area contributed by atoms with E-state index in [1.54, 1.807) is 48.1 Å². The van der Waals surface area contributed by atoms with Gasteiger partial charge in [-0.25, -0.2) is 20.0 Å². The Labute approximate surface area is 249 Å². The van der Waals surface area contributed by atoms with Crippen LogP contribution in [0.25, 0.3) is 11.2 Å². The van der Waals surface area contributed by atoms with Gasteiger partial charge >= 0.3 is 13.5 Å². The quantitative estimate of drug-likeness (QED) is 0.109. The molecule has 13 nitrogen and oxygen atoms in total. The Kier molecular flexibility index (Phi) is 11.2. The molecule has 0 aliphatic carbocycles. The van der Waals surface area contributed by atoms with Crippen molar-refractivity contribution in [3.05, 3.63) is 78.9 Å². The van der Waals surface area contributed by atoms with Crippen LogP contribution in [0.15, 0.2) is 73.3 Å². The fourth-order valence-corrected chi connectivity index (χ4v) is 6.20. The maximum atomic E-state index is 14.1. The van der Waals surface area contributed by atoms with Crippen molar-refractivity contribution >= 4 is 30.5 Å². The summed E-state index contributed by atoms with van der Waals surface area (Å²) in [6.45, 7) is 4.71. The van der Waals surface area contributed by atoms with E-state index in [0.29, 0.717) is 36.7 Å². The Hall–Kier alpha value is -3.87. The summed E-state index contributed by atoms with van der Waals surface area (Å²) in [7, 11) is -3.92. The van der Waals surface area contributed by atoms with Crippen LogP contribution in [-0.4, -0.2) is 68.4 Å². The Balaban J connectivity index is 1.35. The first-order valence-electron chi connectivity index (χ1n) is 13.8. The summed E-state index contributed by atoms with van der Waals surface area (Å²) in [5.74, 6) is -0.635. The van der Waals surface area contributed by atoms with Gasteiger partial charge in [0.05, 0.1) is 38.8 Å². The first-order valence-corrected chi connectivity index (χ1v) is 15.6. The summed E-state index contributed by atoms with van der Waals surface area (Å²) in [5.41, 5.74) is 6.29. The zero-order chi connectivity index (χ0) is 30.7. The van der Waals surface area contributed by atoms with E-state index in [0.717, 1.165) is 5.56 Å². The smallest absolute Gasteiger partial charge is 0.342 e. The summed E-state index contributed by atoms with van der Waals surface area (Å²) >= 11 is 0. The molecule has 0 saturated heterocycles. The molecule has 0 aliphatic rings. The molecule has 43 heavy (non-hydrogen) atoms. The maximum absolute atomic E-state index is 14.1. The molecule has 2 heterocycles. The van der Waals surface area contributed by atoms with Gasteiger partial charge in [-0.1, -0.05) is 48.5 Å². The molecule has 0 spiro atoms. The SMILES string of the molecule is C[C@H](Cn1cnc2c(N)ncnc21)OCP(=O)(NC(C)(CCOCCOCc1ccccc1)C(=O)O)Oc1ccccc1. The van der Waals surface area contributed by atoms with Crippen LogP contribution < -0.4 is 15.3 Å². The van der Waals surface area contributed by atoms with E-state index in [-0.39, 0.29) is 25.5 Å². The molecule has 14 heteroatoms. The van der Waals surface area contributed by atoms with Gasteiger partial charge in [0.1, 0.15) is 29.5 Å². The number of hydrogen-bond donors (Lipinski definition) is 3. The number of nitrogens with one attached hydrogen (secondary N) is 1. The molecule has 0 bridgehead atoms. The second kappa shape index (κ2) is 15.0. The second-order valence-corrected chi connectivity index (χ2v) is 12.2. The molecule has 0 amide bonds. The highest BCUT2D eigenvalue weighted by Crippen LogP contribution is 2.46. The first kappa shape index (κ1) is 32.1. The standard InChI is InChI=1S/C29H37N6O7P/c1-22(17-35-20-33-25-26(30)31-19-32-27(25)35)41-21-43(38,42-24-11-7-4-8-12-24)34-29(2,28(36)37)13-14-39-15-16-40-18-23-9-5-3-6-10-23/h3-12,19-20,22H,13-18,21H2,1-2H3,(H,34,38)(H,36,37)(H2,30,31,32)/t22-,29?,43?/m1/s1. The minimum atomic E-state index is -3.92. The Morgan fingerprint density at radius 2 is 1.74 bits per heavy atom. The van der Waals surface area contributed by atoms with E-state index >= 15 is 0 Å². The number of nitrogens with zero attached hydrogens (tertiary/aromatic N) is 4. The van der Waals surface area contributed by atoms with Crippen LogP contribution in [0.4, 0.5) is 5.82 Å². The number of hydrogen-bond acceptors (Lipinski definition) is 10. The molecule has 230 valence electrons. The van der Waals surface area contributed by atoms with Crippen LogP contribution in [0.3, 0.4) is 0 Å². The molecule has 0 aliphatic heterocycles. The molecule has 0 saturated carbocycles. The lowest BCUT2D eigenvalue weighted by Crippen LogP contribution is -2.49. The third kappa shape index (κ3) is 9.31. The van der Waals surface area contributed by atoms with E-state index in [1.807, 2.05) is 30.3 Å². The lowest BCUT2D eigenvalue weighted by atomic mass is 10.0. The van der Waals surface area contributed by atoms with Crippen molar-refractivity contribution in [3.8, 4) is 5.75 Å². The third-order valence-electron chi connectivity index (χ3n) is 6.53. The monoisotopic (exact) mass is 612 g/mol. The molecular formula is C29H37N6O7P. The van der Waals surface area contributed by atoms with Crippen molar-refractivity contribution in [2.75, 3.05) is 31.9 Å². The zero-order valence-corrected chi connectivity index (χ0v) is 25.1. The van der Waals surface area contributed by atoms with E-state index in [9.17, 15) is 14.5 Å². The summed E-state index contributed by atoms with van der Waals surface area (Å²) in [5, 5.41) is 12.9. The second-order valence-electron chi connectivity index (χ2n) is 10.2. The van der Waals surface area contributed by atoms with Gasteiger partial charge in [-0.2, -0.15) is 0 Å². The van der Waals surface area contributed by atoms with Gasteiger partial charge in [-0.3, -0.25) is 9.36 Å². The van der Waals surface area contributed by atoms with E-state index in [1.165, 1.54) is 13.3 Å². The van der Waals surface area contributed by atoms with Gasteiger partial charge in [0, 0.05) is 6.61 Å². The molecular weight excluding hydrogens is 575 g/mol. The normalized spacial score (nSPS) is 15.0. The van der Waals surface area contributed by atoms with Crippen LogP contribution in [0.5, 0.6) is 5.75 Å². The van der Waals surface area contributed by atoms with Crippen molar-refractivity contribution in [1.29, 1.82) is 0 Å². The Morgan fingerprint density at radius 3 is 2.47 bits per heavy atom. The topological polar surface area (TPSA) is 173 Å². The summed E-state index contributed by atoms with van der Waals surface area (Å²) in [4.78, 5) is 24.8. The van der Waals surface area contributed by atoms with Crippen LogP contribution in [0, 0.1) is 0 Å². The average Bonchev–Trinajstić information content (AvgIpc) is 3.40. The van der Waals surface area contributed by atoms with Gasteiger partial charge in [-0.05, 0) is 38.0 Å². The summed E-state index contributed by atoms with van der Waals surface area (Å²) in [6, 6.07) is 18.3. The highest BCUT2D eigenvalue weighted by molar-refractivity contribution is 7.57. The summed E-state index contributed by atoms with van der Waals surface area (Å²) in [6.07, 6.45) is 2.06. The number of imidazole rings is 1. The number of aromatic nitrogens is 4. The average molecular weight is 613 g/mol. The van der Waals surface area contributed by atoms with Crippen LogP contribution in [0.1, 0.15) is 25.8 Å². The fourth-order valence-electron chi connectivity index (χ4n) is 4.17. The minimum absolute atomic E-state index is 0.0147. The van der Waals surface area contributed by atoms with Crippen molar-refractivity contribution < 1.29 is 33.2 Å². The van der Waals surface area contributed by atoms with Crippen LogP contribution in [0.2, 0.25) is 0 Å². The van der Waals surface area contributed by atoms with Gasteiger partial charge in [-0.15, -0.1) is 0 Å². The number of rotatable bonds is 18. The predicted molar refractivity (Wildman–Crippen MR) is 161 cm³/mol. The number of aliphatic carboxylic acids is 1. The van der Waals surface area contributed by atoms with E-state index in [4.69, 9.17) is 24.5 Å². The van der Waals surface area contributed by atoms with Gasteiger partial charge in [0.25, 0.3) is 0 Å². The first-order chi connectivity index (χ1) is 20.7. The molecule has 4 N–H and O–H groups in total. The minimum Gasteiger partial charge on any atom is -0.480 e. The number of carboxylic acid groups (broad SMARTS) is 1. The number of para-hydroxylation sites is 1. The maximum Gasteiger partial charge on any atom is 0.342 e. The highest BCUT2D eigenvalue weighted by Gasteiger charge is 2.41. The van der Waals surface area contributed by atoms with Gasteiger partial charge < -0.3 is 34.1 Å². The van der Waals surface area contributed by atoms with Gasteiger partial charge in [0.15, 0.2) is 11.5 Å². The Bertz CT molecular complexity index is 1510. The molecule has 2 aromatic carbocycles. The number of carbonyl (C=O) groups is 1. The predicted octanol–water partition coefficient (Wildman–Crippen LogP) is 4.10. The fraction of sp³-hybridized carbons (Fsp3) is 0.379. The lowest BCUT2D eigenvalue weighted by molar-refractivity contribution is -0.144. The highest BCUT2D eigenvalue weighted by atomic mass is 31.2. The largest absolute Gasteiger partial charge is 0.480 e. The van der Waals surface area contributed by atoms with Crippen molar-refractivity contribution in [2.24, 2.45) is 0 Å². The number of anilines is 1. The van der Waals surface area contributed by atoms with E-state index < -0.39 is 31.5 Å². The number of fused-ring (bicyclic) bond motifs is 1. The molecule has 3 atom stereocenters. The Morgan fingerprint density at radius 1 is 1.05 bits per heavy atom. The summed E-state index contributed by atoms with van der Waals surface area (Å²) < 4.78 is 38.9. The van der Waals surface area contributed by atoms with Crippen molar-refractivity contribution in [2.45, 2.75) is 45.1 Å². The van der Waals surface area contributed by atoms with Crippen LogP contribution >= 0.6 is 7.52 Å². The lowest BCUT2D eigenvalue weighted by Gasteiger charge is -2.32. The van der Waals surface area contributed by atoms with Crippen molar-refractivity contribution in [1.82, 2.24) is 24.6 Å². The number of carboxylic acids is 1. The van der Waals surface area contributed by atoms with Crippen molar-refractivity contribution in [3.63, 3.8) is 0 Å².